The van der Waals surface area contributed by atoms with Gasteiger partial charge in [0.25, 0.3) is 0 Å². The van der Waals surface area contributed by atoms with Gasteiger partial charge in [-0.1, -0.05) is 12.6 Å². The number of amides is 1. The van der Waals surface area contributed by atoms with E-state index in [1.807, 2.05) is 17.2 Å². The molecule has 0 saturated carbocycles. The van der Waals surface area contributed by atoms with Crippen molar-refractivity contribution in [1.82, 2.24) is 25.0 Å². The highest BCUT2D eigenvalue weighted by Gasteiger charge is 2.52. The summed E-state index contributed by atoms with van der Waals surface area (Å²) in [5, 5.41) is 18.3. The Labute approximate surface area is 227 Å². The van der Waals surface area contributed by atoms with Gasteiger partial charge in [-0.3, -0.25) is 19.8 Å². The molecule has 1 aromatic carbocycles. The van der Waals surface area contributed by atoms with E-state index in [9.17, 15) is 10.1 Å². The predicted molar refractivity (Wildman–Crippen MR) is 144 cm³/mol. The Morgan fingerprint density at radius 2 is 2.13 bits per heavy atom. The zero-order valence-electron chi connectivity index (χ0n) is 22.2. The molecule has 9 nitrogen and oxygen atoms in total. The van der Waals surface area contributed by atoms with E-state index in [2.05, 4.69) is 40.7 Å². The van der Waals surface area contributed by atoms with Crippen molar-refractivity contribution in [1.29, 1.82) is 5.26 Å². The largest absolute Gasteiger partial charge is 0.370 e. The molecule has 4 aliphatic heterocycles. The molecule has 9 heteroatoms. The number of nitrogens with one attached hydrogen (secondary N) is 1. The smallest absolute Gasteiger partial charge is 0.245 e. The number of aryl methyl sites for hydroxylation is 1. The van der Waals surface area contributed by atoms with Crippen LogP contribution in [0.25, 0.3) is 22.0 Å². The number of likely N-dealkylation sites (tertiary alicyclic amines) is 2. The number of aromatic nitrogens is 3. The van der Waals surface area contributed by atoms with Gasteiger partial charge in [0.05, 0.1) is 36.1 Å². The molecule has 39 heavy (non-hydrogen) atoms. The summed E-state index contributed by atoms with van der Waals surface area (Å²) < 4.78 is 13.0. The minimum atomic E-state index is -0.342. The lowest BCUT2D eigenvalue weighted by Crippen LogP contribution is -2.60. The van der Waals surface area contributed by atoms with E-state index in [0.717, 1.165) is 84.3 Å². The number of carbonyl (C=O) groups excluding carboxylic acids is 1. The topological polar surface area (TPSA) is 107 Å². The molecule has 1 amide bonds. The van der Waals surface area contributed by atoms with E-state index in [1.54, 1.807) is 6.20 Å². The van der Waals surface area contributed by atoms with Crippen LogP contribution in [0.3, 0.4) is 0 Å². The van der Waals surface area contributed by atoms with Gasteiger partial charge in [-0.15, -0.1) is 0 Å². The van der Waals surface area contributed by atoms with Crippen molar-refractivity contribution in [2.75, 3.05) is 32.8 Å². The van der Waals surface area contributed by atoms with Crippen LogP contribution >= 0.6 is 0 Å². The van der Waals surface area contributed by atoms with Gasteiger partial charge in [0.1, 0.15) is 12.3 Å². The third kappa shape index (κ3) is 3.89. The van der Waals surface area contributed by atoms with Crippen molar-refractivity contribution in [3.05, 3.63) is 59.6 Å². The molecule has 2 unspecified atom stereocenters. The maximum absolute atomic E-state index is 12.0. The number of carbonyl (C=O) groups is 1. The highest BCUT2D eigenvalue weighted by Crippen LogP contribution is 2.46. The molecule has 2 atom stereocenters. The van der Waals surface area contributed by atoms with Crippen LogP contribution in [-0.4, -0.2) is 75.5 Å². The standard InChI is InChI=1S/C30H32N6O3/c1-3-25(37)36-17-29(18-36)6-8-35(16-29)26-11-30(7-9-38-26)10-24-22(15-39-30)28(20(12-31)13-32-24)27-19(2)4-5-23-21(27)14-33-34-23/h3-5,13-14,26H,1,6-11,15-18H2,2H3,(H,33,34). The van der Waals surface area contributed by atoms with Crippen molar-refractivity contribution in [3.8, 4) is 17.2 Å². The Kier molecular flexibility index (Phi) is 5.63. The molecule has 0 aliphatic carbocycles. The molecule has 3 aromatic rings. The fourth-order valence-electron chi connectivity index (χ4n) is 7.22. The van der Waals surface area contributed by atoms with Crippen LogP contribution in [0.2, 0.25) is 0 Å². The lowest BCUT2D eigenvalue weighted by Gasteiger charge is -2.49. The van der Waals surface area contributed by atoms with Crippen LogP contribution in [0.5, 0.6) is 0 Å². The third-order valence-corrected chi connectivity index (χ3v) is 9.31. The minimum Gasteiger partial charge on any atom is -0.370 e. The molecule has 0 radical (unpaired) electrons. The number of nitriles is 1. The first-order chi connectivity index (χ1) is 18.9. The van der Waals surface area contributed by atoms with E-state index in [4.69, 9.17) is 14.5 Å². The van der Waals surface area contributed by atoms with Crippen molar-refractivity contribution in [2.24, 2.45) is 5.41 Å². The van der Waals surface area contributed by atoms with Crippen molar-refractivity contribution in [2.45, 2.75) is 51.0 Å². The summed E-state index contributed by atoms with van der Waals surface area (Å²) in [6, 6.07) is 6.46. The number of benzene rings is 1. The Balaban J connectivity index is 1.15. The highest BCUT2D eigenvalue weighted by molar-refractivity contribution is 5.98. The first-order valence-electron chi connectivity index (χ1n) is 13.7. The molecule has 200 valence electrons. The van der Waals surface area contributed by atoms with E-state index in [1.165, 1.54) is 6.08 Å². The minimum absolute atomic E-state index is 0.0106. The van der Waals surface area contributed by atoms with Crippen LogP contribution in [-0.2, 0) is 27.3 Å². The number of ether oxygens (including phenoxy) is 2. The van der Waals surface area contributed by atoms with Gasteiger partial charge in [0, 0.05) is 79.3 Å². The Morgan fingerprint density at radius 3 is 2.95 bits per heavy atom. The zero-order valence-corrected chi connectivity index (χ0v) is 22.2. The molecule has 3 fully saturated rings. The molecule has 2 spiro atoms. The van der Waals surface area contributed by atoms with Crippen LogP contribution in [0.1, 0.15) is 41.6 Å². The summed E-state index contributed by atoms with van der Waals surface area (Å²) in [5.74, 6) is 0.0202. The molecular weight excluding hydrogens is 492 g/mol. The monoisotopic (exact) mass is 524 g/mol. The molecule has 2 aromatic heterocycles. The summed E-state index contributed by atoms with van der Waals surface area (Å²) in [6.07, 6.45) is 8.32. The number of hydrogen-bond acceptors (Lipinski definition) is 7. The van der Waals surface area contributed by atoms with Crippen LogP contribution in [0.15, 0.2) is 37.2 Å². The van der Waals surface area contributed by atoms with Gasteiger partial charge in [-0.25, -0.2) is 0 Å². The number of H-pyrrole nitrogens is 1. The number of nitrogens with zero attached hydrogens (tertiary/aromatic N) is 5. The van der Waals surface area contributed by atoms with E-state index in [-0.39, 0.29) is 23.2 Å². The second-order valence-electron chi connectivity index (χ2n) is 11.7. The Bertz CT molecular complexity index is 1530. The summed E-state index contributed by atoms with van der Waals surface area (Å²) in [6.45, 7) is 10.2. The highest BCUT2D eigenvalue weighted by atomic mass is 16.5. The number of aromatic amines is 1. The third-order valence-electron chi connectivity index (χ3n) is 9.31. The molecule has 1 N–H and O–H groups in total. The quantitative estimate of drug-likeness (QED) is 0.523. The fraction of sp³-hybridized carbons (Fsp3) is 0.467. The molecule has 7 rings (SSSR count). The summed E-state index contributed by atoms with van der Waals surface area (Å²) in [7, 11) is 0. The summed E-state index contributed by atoms with van der Waals surface area (Å²) in [5.41, 5.74) is 6.36. The number of rotatable bonds is 3. The zero-order chi connectivity index (χ0) is 26.8. The second-order valence-corrected chi connectivity index (χ2v) is 11.7. The first kappa shape index (κ1) is 24.5. The van der Waals surface area contributed by atoms with Crippen LogP contribution in [0.4, 0.5) is 0 Å². The van der Waals surface area contributed by atoms with Gasteiger partial charge < -0.3 is 14.4 Å². The normalized spacial score (nSPS) is 25.9. The first-order valence-corrected chi connectivity index (χ1v) is 13.7. The molecular formula is C30H32N6O3. The average molecular weight is 525 g/mol. The second kappa shape index (κ2) is 8.98. The lowest BCUT2D eigenvalue weighted by atomic mass is 9.79. The van der Waals surface area contributed by atoms with Gasteiger partial charge >= 0.3 is 0 Å². The maximum Gasteiger partial charge on any atom is 0.245 e. The summed E-state index contributed by atoms with van der Waals surface area (Å²) in [4.78, 5) is 21.1. The number of hydrogen-bond donors (Lipinski definition) is 1. The Morgan fingerprint density at radius 1 is 1.26 bits per heavy atom. The van der Waals surface area contributed by atoms with Gasteiger partial charge in [0.2, 0.25) is 5.91 Å². The van der Waals surface area contributed by atoms with Crippen molar-refractivity contribution >= 4 is 16.8 Å². The molecule has 6 heterocycles. The number of fused-ring (bicyclic) bond motifs is 2. The fourth-order valence-corrected chi connectivity index (χ4v) is 7.22. The number of pyridine rings is 1. The van der Waals surface area contributed by atoms with Gasteiger partial charge in [-0.2, -0.15) is 10.4 Å². The van der Waals surface area contributed by atoms with Crippen molar-refractivity contribution < 1.29 is 14.3 Å². The summed E-state index contributed by atoms with van der Waals surface area (Å²) >= 11 is 0. The molecule has 4 aliphatic rings. The SMILES string of the molecule is C=CC(=O)N1CC2(CCN(C3CC4(CCO3)Cc3ncc(C#N)c(-c5c(C)ccc6[nH]ncc56)c3CO4)C2)C1. The van der Waals surface area contributed by atoms with Gasteiger partial charge in [-0.05, 0) is 36.6 Å². The van der Waals surface area contributed by atoms with E-state index in [0.29, 0.717) is 25.2 Å². The molecule has 3 saturated heterocycles. The molecule has 0 bridgehead atoms. The van der Waals surface area contributed by atoms with Crippen LogP contribution in [0, 0.1) is 23.7 Å². The van der Waals surface area contributed by atoms with Crippen LogP contribution < -0.4 is 0 Å². The van der Waals surface area contributed by atoms with E-state index >= 15 is 0 Å². The van der Waals surface area contributed by atoms with Crippen molar-refractivity contribution in [3.63, 3.8) is 0 Å². The lowest BCUT2D eigenvalue weighted by molar-refractivity contribution is -0.187. The maximum atomic E-state index is 12.0. The Hall–Kier alpha value is -3.58. The van der Waals surface area contributed by atoms with E-state index < -0.39 is 0 Å². The van der Waals surface area contributed by atoms with Gasteiger partial charge in [0.15, 0.2) is 0 Å². The predicted octanol–water partition coefficient (Wildman–Crippen LogP) is 3.47. The average Bonchev–Trinajstić information content (AvgIpc) is 3.59.